The summed E-state index contributed by atoms with van der Waals surface area (Å²) >= 11 is 0. The molecule has 30 heavy (non-hydrogen) atoms. The Kier molecular flexibility index (Phi) is 5.77. The summed E-state index contributed by atoms with van der Waals surface area (Å²) in [6, 6.07) is 11.4. The number of nitrogens with zero attached hydrogens (tertiary/aromatic N) is 2. The molecule has 3 rings (SSSR count). The maximum Gasteiger partial charge on any atom is 0.256 e. The van der Waals surface area contributed by atoms with Crippen LogP contribution in [-0.2, 0) is 7.05 Å². The lowest BCUT2D eigenvalue weighted by molar-refractivity contribution is 0.0828. The molecular formula is C22H23N3O5. The first-order valence-electron chi connectivity index (χ1n) is 9.16. The largest absolute Gasteiger partial charge is 0.493 e. The lowest BCUT2D eigenvalue weighted by Crippen LogP contribution is -2.25. The lowest BCUT2D eigenvalue weighted by atomic mass is 10.1. The van der Waals surface area contributed by atoms with Gasteiger partial charge in [0.15, 0.2) is 11.5 Å². The number of ether oxygens (including phenoxy) is 2. The van der Waals surface area contributed by atoms with Crippen molar-refractivity contribution < 1.29 is 19.1 Å². The predicted molar refractivity (Wildman–Crippen MR) is 115 cm³/mol. The summed E-state index contributed by atoms with van der Waals surface area (Å²) in [7, 11) is 7.80. The van der Waals surface area contributed by atoms with Crippen molar-refractivity contribution in [3.05, 3.63) is 63.9 Å². The van der Waals surface area contributed by atoms with Crippen LogP contribution in [0.1, 0.15) is 20.7 Å². The molecule has 0 aliphatic heterocycles. The molecule has 0 aliphatic rings. The molecule has 0 radical (unpaired) electrons. The Bertz CT molecular complexity index is 1200. The van der Waals surface area contributed by atoms with Crippen molar-refractivity contribution in [1.82, 2.24) is 9.47 Å². The summed E-state index contributed by atoms with van der Waals surface area (Å²) in [6.45, 7) is 0. The van der Waals surface area contributed by atoms with Crippen molar-refractivity contribution in [2.45, 2.75) is 0 Å². The Hall–Kier alpha value is -3.81. The number of pyridine rings is 1. The number of hydrogen-bond acceptors (Lipinski definition) is 5. The number of nitrogens with one attached hydrogen (secondary N) is 1. The molecule has 156 valence electrons. The molecule has 0 atom stereocenters. The Morgan fingerprint density at radius 3 is 2.23 bits per heavy atom. The van der Waals surface area contributed by atoms with E-state index in [4.69, 9.17) is 9.47 Å². The van der Waals surface area contributed by atoms with Crippen LogP contribution in [0.5, 0.6) is 11.5 Å². The second-order valence-corrected chi connectivity index (χ2v) is 6.88. The number of fused-ring (bicyclic) bond motifs is 1. The van der Waals surface area contributed by atoms with E-state index in [0.29, 0.717) is 22.4 Å². The monoisotopic (exact) mass is 409 g/mol. The minimum Gasteiger partial charge on any atom is -0.493 e. The molecule has 0 saturated heterocycles. The molecule has 0 fully saturated rings. The summed E-state index contributed by atoms with van der Waals surface area (Å²) in [5.41, 5.74) is 1.02. The van der Waals surface area contributed by atoms with Crippen LogP contribution in [0.3, 0.4) is 0 Å². The zero-order valence-electron chi connectivity index (χ0n) is 17.5. The van der Waals surface area contributed by atoms with Gasteiger partial charge in [0.1, 0.15) is 0 Å². The molecule has 1 heterocycles. The van der Waals surface area contributed by atoms with E-state index in [1.54, 1.807) is 45.4 Å². The average Bonchev–Trinajstić information content (AvgIpc) is 2.75. The molecule has 0 spiro atoms. The Balaban J connectivity index is 2.14. The van der Waals surface area contributed by atoms with Crippen molar-refractivity contribution >= 4 is 28.4 Å². The number of hydrogen-bond donors (Lipinski definition) is 1. The average molecular weight is 409 g/mol. The molecule has 0 unspecified atom stereocenters. The van der Waals surface area contributed by atoms with Crippen LogP contribution in [0.15, 0.2) is 47.3 Å². The first-order valence-corrected chi connectivity index (χ1v) is 9.16. The SMILES string of the molecule is COc1cc(NC(=O)c2cc(=O)n(C)c3ccccc23)c(C(=O)N(C)C)cc1OC. The Morgan fingerprint density at radius 2 is 1.60 bits per heavy atom. The van der Waals surface area contributed by atoms with Crippen molar-refractivity contribution in [1.29, 1.82) is 0 Å². The van der Waals surface area contributed by atoms with Crippen molar-refractivity contribution in [3.8, 4) is 11.5 Å². The van der Waals surface area contributed by atoms with Crippen LogP contribution in [0, 0.1) is 0 Å². The summed E-state index contributed by atoms with van der Waals surface area (Å²) in [5.74, 6) is -0.110. The van der Waals surface area contributed by atoms with Crippen molar-refractivity contribution in [2.24, 2.45) is 7.05 Å². The lowest BCUT2D eigenvalue weighted by Gasteiger charge is -2.18. The van der Waals surface area contributed by atoms with E-state index in [2.05, 4.69) is 5.32 Å². The van der Waals surface area contributed by atoms with E-state index in [9.17, 15) is 14.4 Å². The summed E-state index contributed by atoms with van der Waals surface area (Å²) in [6.07, 6.45) is 0. The minimum absolute atomic E-state index is 0.215. The van der Waals surface area contributed by atoms with E-state index < -0.39 is 5.91 Å². The fourth-order valence-electron chi connectivity index (χ4n) is 3.19. The predicted octanol–water partition coefficient (Wildman–Crippen LogP) is 2.51. The zero-order chi connectivity index (χ0) is 22.0. The van der Waals surface area contributed by atoms with Gasteiger partial charge in [-0.25, -0.2) is 0 Å². The van der Waals surface area contributed by atoms with Crippen LogP contribution >= 0.6 is 0 Å². The molecule has 8 nitrogen and oxygen atoms in total. The molecule has 1 N–H and O–H groups in total. The van der Waals surface area contributed by atoms with Gasteiger partial charge in [0.25, 0.3) is 17.4 Å². The van der Waals surface area contributed by atoms with E-state index in [-0.39, 0.29) is 28.3 Å². The molecule has 0 saturated carbocycles. The highest BCUT2D eigenvalue weighted by Crippen LogP contribution is 2.34. The van der Waals surface area contributed by atoms with Crippen LogP contribution in [-0.4, -0.2) is 49.6 Å². The molecule has 2 aromatic carbocycles. The number of anilines is 1. The third-order valence-corrected chi connectivity index (χ3v) is 4.81. The molecular weight excluding hydrogens is 386 g/mol. The van der Waals surface area contributed by atoms with Gasteiger partial charge < -0.3 is 24.3 Å². The van der Waals surface area contributed by atoms with E-state index in [1.165, 1.54) is 41.9 Å². The molecule has 1 aromatic heterocycles. The maximum atomic E-state index is 13.1. The van der Waals surface area contributed by atoms with Gasteiger partial charge in [-0.05, 0) is 12.1 Å². The van der Waals surface area contributed by atoms with Crippen molar-refractivity contribution in [2.75, 3.05) is 33.6 Å². The molecule has 0 aliphatic carbocycles. The van der Waals surface area contributed by atoms with Gasteiger partial charge in [0.05, 0.1) is 36.6 Å². The number of methoxy groups -OCH3 is 2. The van der Waals surface area contributed by atoms with Crippen LogP contribution in [0.4, 0.5) is 5.69 Å². The van der Waals surface area contributed by atoms with Gasteiger partial charge in [-0.3, -0.25) is 14.4 Å². The van der Waals surface area contributed by atoms with Crippen LogP contribution in [0.2, 0.25) is 0 Å². The second kappa shape index (κ2) is 8.28. The highest BCUT2D eigenvalue weighted by atomic mass is 16.5. The third kappa shape index (κ3) is 3.71. The standard InChI is InChI=1S/C22H23N3O5/c1-24(2)22(28)15-10-18(29-4)19(30-5)12-16(15)23-21(27)14-11-20(26)25(3)17-9-7-6-8-13(14)17/h6-12H,1-5H3,(H,23,27). The Morgan fingerprint density at radius 1 is 0.967 bits per heavy atom. The van der Waals surface area contributed by atoms with Crippen LogP contribution < -0.4 is 20.3 Å². The first kappa shape index (κ1) is 20.9. The number of para-hydroxylation sites is 1. The molecule has 0 bridgehead atoms. The van der Waals surface area contributed by atoms with Gasteiger partial charge in [-0.15, -0.1) is 0 Å². The topological polar surface area (TPSA) is 89.9 Å². The minimum atomic E-state index is -0.510. The second-order valence-electron chi connectivity index (χ2n) is 6.88. The van der Waals surface area contributed by atoms with E-state index >= 15 is 0 Å². The normalized spacial score (nSPS) is 10.6. The van der Waals surface area contributed by atoms with Crippen molar-refractivity contribution in [3.63, 3.8) is 0 Å². The van der Waals surface area contributed by atoms with Gasteiger partial charge in [0.2, 0.25) is 0 Å². The fraction of sp³-hybridized carbons (Fsp3) is 0.227. The fourth-order valence-corrected chi connectivity index (χ4v) is 3.19. The molecule has 8 heteroatoms. The van der Waals surface area contributed by atoms with Gasteiger partial charge in [0, 0.05) is 38.7 Å². The smallest absolute Gasteiger partial charge is 0.256 e. The molecule has 2 amide bonds. The third-order valence-electron chi connectivity index (χ3n) is 4.81. The van der Waals surface area contributed by atoms with E-state index in [0.717, 1.165) is 0 Å². The quantitative estimate of drug-likeness (QED) is 0.699. The van der Waals surface area contributed by atoms with Gasteiger partial charge in [-0.1, -0.05) is 18.2 Å². The number of amides is 2. The molecule has 3 aromatic rings. The zero-order valence-corrected chi connectivity index (χ0v) is 17.5. The number of rotatable bonds is 5. The number of benzene rings is 2. The summed E-state index contributed by atoms with van der Waals surface area (Å²) in [4.78, 5) is 39.6. The van der Waals surface area contributed by atoms with Gasteiger partial charge in [-0.2, -0.15) is 0 Å². The number of aryl methyl sites for hydroxylation is 1. The van der Waals surface area contributed by atoms with E-state index in [1.807, 2.05) is 0 Å². The van der Waals surface area contributed by atoms with Gasteiger partial charge >= 0.3 is 0 Å². The highest BCUT2D eigenvalue weighted by molar-refractivity contribution is 6.14. The highest BCUT2D eigenvalue weighted by Gasteiger charge is 2.21. The summed E-state index contributed by atoms with van der Waals surface area (Å²) < 4.78 is 12.1. The number of carbonyl (C=O) groups is 2. The number of carbonyl (C=O) groups excluding carboxylic acids is 2. The summed E-state index contributed by atoms with van der Waals surface area (Å²) in [5, 5.41) is 3.38. The number of aromatic nitrogens is 1. The maximum absolute atomic E-state index is 13.1. The Labute approximate surface area is 173 Å². The first-order chi connectivity index (χ1) is 14.3. The van der Waals surface area contributed by atoms with Crippen LogP contribution in [0.25, 0.3) is 10.9 Å².